The summed E-state index contributed by atoms with van der Waals surface area (Å²) in [6, 6.07) is 24.6. The van der Waals surface area contributed by atoms with Gasteiger partial charge in [0.25, 0.3) is 11.8 Å². The van der Waals surface area contributed by atoms with Crippen LogP contribution in [0.25, 0.3) is 21.9 Å². The Balaban J connectivity index is 1.05. The number of hydrogen-bond acceptors (Lipinski definition) is 9. The highest BCUT2D eigenvalue weighted by Gasteiger charge is 2.21. The lowest BCUT2D eigenvalue weighted by Gasteiger charge is -2.23. The van der Waals surface area contributed by atoms with Crippen molar-refractivity contribution >= 4 is 45.1 Å². The number of hydrogen-bond donors (Lipinski definition) is 2. The average Bonchev–Trinajstić information content (AvgIpc) is 3.82. The van der Waals surface area contributed by atoms with Gasteiger partial charge in [0.2, 0.25) is 0 Å². The van der Waals surface area contributed by atoms with E-state index in [0.717, 1.165) is 54.8 Å². The van der Waals surface area contributed by atoms with E-state index < -0.39 is 11.8 Å². The van der Waals surface area contributed by atoms with Gasteiger partial charge in [0.05, 0.1) is 66.4 Å². The number of fused-ring (bicyclic) bond motifs is 2. The number of carbonyl (C=O) groups excluding carboxylic acids is 2. The highest BCUT2D eigenvalue weighted by Crippen LogP contribution is 2.34. The average molecular weight is 724 g/mol. The number of nitrogens with one attached hydrogen (secondary N) is 2. The summed E-state index contributed by atoms with van der Waals surface area (Å²) in [7, 11) is 4.93. The van der Waals surface area contributed by atoms with Crippen molar-refractivity contribution < 1.29 is 19.1 Å². The zero-order valence-corrected chi connectivity index (χ0v) is 30.6. The first-order chi connectivity index (χ1) is 26.3. The Bertz CT molecular complexity index is 2440. The van der Waals surface area contributed by atoms with Crippen LogP contribution in [0.1, 0.15) is 44.6 Å². The molecule has 2 amide bonds. The summed E-state index contributed by atoms with van der Waals surface area (Å²) in [5, 5.41) is 11.3. The van der Waals surface area contributed by atoms with Gasteiger partial charge >= 0.3 is 0 Å². The second-order valence-corrected chi connectivity index (χ2v) is 12.9. The van der Waals surface area contributed by atoms with Crippen LogP contribution in [0.5, 0.6) is 11.5 Å². The summed E-state index contributed by atoms with van der Waals surface area (Å²) in [5.41, 5.74) is 6.97. The summed E-state index contributed by atoms with van der Waals surface area (Å²) in [4.78, 5) is 42.7. The maximum Gasteiger partial charge on any atom is 0.275 e. The van der Waals surface area contributed by atoms with Crippen LogP contribution in [-0.2, 0) is 33.1 Å². The van der Waals surface area contributed by atoms with Crippen molar-refractivity contribution in [2.75, 3.05) is 31.4 Å². The summed E-state index contributed by atoms with van der Waals surface area (Å²) in [6.07, 6.45) is 7.90. The van der Waals surface area contributed by atoms with Gasteiger partial charge in [-0.3, -0.25) is 24.2 Å². The number of methoxy groups -OCH3 is 2. The number of aryl methyl sites for hydroxylation is 2. The zero-order chi connectivity index (χ0) is 37.6. The summed E-state index contributed by atoms with van der Waals surface area (Å²) in [6.45, 7) is 5.30. The van der Waals surface area contributed by atoms with Gasteiger partial charge in [-0.05, 0) is 60.9 Å². The topological polar surface area (TPSA) is 141 Å². The molecule has 0 atom stereocenters. The number of nitrogens with zero attached hydrogens (tertiary/aromatic N) is 7. The first kappa shape index (κ1) is 35.8. The fraction of sp³-hybridized carbons (Fsp3) is 0.220. The number of amides is 2. The van der Waals surface area contributed by atoms with E-state index in [0.29, 0.717) is 28.2 Å². The van der Waals surface area contributed by atoms with Crippen molar-refractivity contribution in [2.24, 2.45) is 7.05 Å². The molecular formula is C41H41N9O4. The molecule has 0 fully saturated rings. The van der Waals surface area contributed by atoms with E-state index in [4.69, 9.17) is 9.47 Å². The minimum atomic E-state index is -0.524. The fourth-order valence-electron chi connectivity index (χ4n) is 6.42. The van der Waals surface area contributed by atoms with Gasteiger partial charge in [-0.1, -0.05) is 36.4 Å². The Morgan fingerprint density at radius 2 is 1.57 bits per heavy atom. The molecule has 13 nitrogen and oxygen atoms in total. The molecule has 0 aliphatic carbocycles. The molecule has 3 heterocycles. The van der Waals surface area contributed by atoms with E-state index in [1.54, 1.807) is 12.1 Å². The maximum absolute atomic E-state index is 13.8. The van der Waals surface area contributed by atoms with Gasteiger partial charge in [0, 0.05) is 56.6 Å². The van der Waals surface area contributed by atoms with E-state index >= 15 is 0 Å². The molecule has 0 bridgehead atoms. The van der Waals surface area contributed by atoms with E-state index in [2.05, 4.69) is 65.3 Å². The smallest absolute Gasteiger partial charge is 0.275 e. The normalized spacial score (nSPS) is 11.3. The lowest BCUT2D eigenvalue weighted by molar-refractivity contribution is 0.102. The fourth-order valence-corrected chi connectivity index (χ4v) is 6.42. The second-order valence-electron chi connectivity index (χ2n) is 12.9. The molecule has 54 heavy (non-hydrogen) atoms. The number of benzene rings is 4. The van der Waals surface area contributed by atoms with E-state index in [1.807, 2.05) is 72.9 Å². The third-order valence-electron chi connectivity index (χ3n) is 9.37. The number of para-hydroxylation sites is 2. The van der Waals surface area contributed by atoms with E-state index in [9.17, 15) is 9.59 Å². The molecule has 0 saturated heterocycles. The highest BCUT2D eigenvalue weighted by atomic mass is 16.5. The molecule has 0 aliphatic rings. The Morgan fingerprint density at radius 3 is 2.35 bits per heavy atom. The van der Waals surface area contributed by atoms with Crippen molar-refractivity contribution in [3.63, 3.8) is 0 Å². The summed E-state index contributed by atoms with van der Waals surface area (Å²) >= 11 is 0. The van der Waals surface area contributed by atoms with Crippen LogP contribution >= 0.6 is 0 Å². The molecule has 0 spiro atoms. The van der Waals surface area contributed by atoms with Crippen molar-refractivity contribution in [3.8, 4) is 11.5 Å². The van der Waals surface area contributed by atoms with E-state index in [1.165, 1.54) is 32.0 Å². The minimum Gasteiger partial charge on any atom is -0.493 e. The molecule has 0 aliphatic heterocycles. The molecule has 3 aromatic heterocycles. The molecule has 7 rings (SSSR count). The van der Waals surface area contributed by atoms with Crippen molar-refractivity contribution in [1.29, 1.82) is 0 Å². The number of aromatic nitrogens is 6. The van der Waals surface area contributed by atoms with Crippen LogP contribution in [0.2, 0.25) is 0 Å². The second kappa shape index (κ2) is 16.0. The van der Waals surface area contributed by atoms with Crippen LogP contribution in [-0.4, -0.2) is 66.8 Å². The number of ether oxygens (including phenoxy) is 2. The highest BCUT2D eigenvalue weighted by molar-refractivity contribution is 6.12. The molecule has 13 heteroatoms. The van der Waals surface area contributed by atoms with Crippen molar-refractivity contribution in [3.05, 3.63) is 132 Å². The van der Waals surface area contributed by atoms with E-state index in [-0.39, 0.29) is 16.9 Å². The molecule has 7 aromatic rings. The quantitative estimate of drug-likeness (QED) is 0.129. The first-order valence-electron chi connectivity index (χ1n) is 17.6. The first-order valence-corrected chi connectivity index (χ1v) is 17.6. The third-order valence-corrected chi connectivity index (χ3v) is 9.37. The van der Waals surface area contributed by atoms with Gasteiger partial charge in [-0.15, -0.1) is 0 Å². The SMILES string of the molecule is CCn1cncc1CN(CCc1ccc(NC(=O)c2cc(OC)c(OC)cc2NC(=O)c2cnc3ccccc3n2)cc1)Cc1ccc2cnn(C)c2c1. The number of rotatable bonds is 14. The molecular weight excluding hydrogens is 683 g/mol. The van der Waals surface area contributed by atoms with Gasteiger partial charge in [0.1, 0.15) is 5.69 Å². The van der Waals surface area contributed by atoms with Crippen molar-refractivity contribution in [1.82, 2.24) is 34.2 Å². The lowest BCUT2D eigenvalue weighted by atomic mass is 10.1. The van der Waals surface area contributed by atoms with Crippen LogP contribution < -0.4 is 20.1 Å². The molecule has 0 saturated carbocycles. The predicted molar refractivity (Wildman–Crippen MR) is 208 cm³/mol. The molecule has 4 aromatic carbocycles. The van der Waals surface area contributed by atoms with Crippen LogP contribution in [0.3, 0.4) is 0 Å². The Kier molecular flexibility index (Phi) is 10.6. The maximum atomic E-state index is 13.8. The Labute approximate surface area is 312 Å². The third kappa shape index (κ3) is 7.91. The van der Waals surface area contributed by atoms with Gasteiger partial charge in [-0.2, -0.15) is 5.10 Å². The number of carbonyl (C=O) groups is 2. The monoisotopic (exact) mass is 723 g/mol. The number of anilines is 2. The predicted octanol–water partition coefficient (Wildman–Crippen LogP) is 6.50. The van der Waals surface area contributed by atoms with Crippen LogP contribution in [0, 0.1) is 0 Å². The zero-order valence-electron chi connectivity index (χ0n) is 30.6. The lowest BCUT2D eigenvalue weighted by Crippen LogP contribution is -2.26. The van der Waals surface area contributed by atoms with Gasteiger partial charge in [-0.25, -0.2) is 9.97 Å². The summed E-state index contributed by atoms with van der Waals surface area (Å²) in [5.74, 6) is -0.269. The standard InChI is InChI=1S/C41H41N9O4/c1-5-50-26-42-22-31(50)25-49(24-28-10-13-29-21-44-48(2)37(29)18-28)17-16-27-11-14-30(15-12-27)45-40(51)32-19-38(53-3)39(54-4)20-35(32)47-41(52)36-23-43-33-8-6-7-9-34(33)46-36/h6-15,18-23,26H,5,16-17,24-25H2,1-4H3,(H,45,51)(H,47,52). The van der Waals surface area contributed by atoms with Crippen LogP contribution in [0.4, 0.5) is 11.4 Å². The van der Waals surface area contributed by atoms with Gasteiger partial charge < -0.3 is 24.7 Å². The van der Waals surface area contributed by atoms with Gasteiger partial charge in [0.15, 0.2) is 11.5 Å². The molecule has 2 N–H and O–H groups in total. The minimum absolute atomic E-state index is 0.106. The molecule has 274 valence electrons. The van der Waals surface area contributed by atoms with Crippen molar-refractivity contribution in [2.45, 2.75) is 33.0 Å². The largest absolute Gasteiger partial charge is 0.493 e. The Hall–Kier alpha value is -6.60. The summed E-state index contributed by atoms with van der Waals surface area (Å²) < 4.78 is 15.0. The Morgan fingerprint density at radius 1 is 0.815 bits per heavy atom. The van der Waals surface area contributed by atoms with Crippen LogP contribution in [0.15, 0.2) is 104 Å². The molecule has 0 unspecified atom stereocenters. The molecule has 0 radical (unpaired) electrons. The number of imidazole rings is 1.